The third kappa shape index (κ3) is 7.23. The number of anilines is 2. The van der Waals surface area contributed by atoms with Gasteiger partial charge in [0, 0.05) is 11.4 Å². The summed E-state index contributed by atoms with van der Waals surface area (Å²) in [6.07, 6.45) is 1.42. The summed E-state index contributed by atoms with van der Waals surface area (Å²) in [4.78, 5) is 24.8. The number of hydrogen-bond acceptors (Lipinski definition) is 5. The van der Waals surface area contributed by atoms with Crippen LogP contribution in [-0.4, -0.2) is 25.5 Å². The zero-order valence-corrected chi connectivity index (χ0v) is 21.4. The molecule has 0 unspecified atom stereocenters. The molecular weight excluding hydrogens is 557 g/mol. The first kappa shape index (κ1) is 26.1. The molecule has 3 aromatic carbocycles. The van der Waals surface area contributed by atoms with Crippen LogP contribution in [0.2, 0.25) is 10.0 Å². The lowest BCUT2D eigenvalue weighted by molar-refractivity contribution is -0.118. The molecule has 0 spiro atoms. The Morgan fingerprint density at radius 1 is 1.03 bits per heavy atom. The Morgan fingerprint density at radius 3 is 2.43 bits per heavy atom. The average molecular weight is 575 g/mol. The van der Waals surface area contributed by atoms with Crippen LogP contribution < -0.4 is 20.1 Å². The van der Waals surface area contributed by atoms with E-state index in [2.05, 4.69) is 26.6 Å². The number of nitrogens with one attached hydrogen (secondary N) is 2. The third-order valence-corrected chi connectivity index (χ3v) is 5.84. The highest BCUT2D eigenvalue weighted by atomic mass is 79.9. The minimum absolute atomic E-state index is 0.0996. The van der Waals surface area contributed by atoms with E-state index < -0.39 is 11.8 Å². The third-order valence-electron chi connectivity index (χ3n) is 4.51. The summed E-state index contributed by atoms with van der Waals surface area (Å²) < 4.78 is 11.5. The van der Waals surface area contributed by atoms with Crippen LogP contribution in [0, 0.1) is 11.3 Å². The Kier molecular flexibility index (Phi) is 9.15. The molecule has 10 heteroatoms. The Morgan fingerprint density at radius 2 is 1.77 bits per heavy atom. The van der Waals surface area contributed by atoms with E-state index in [0.29, 0.717) is 37.2 Å². The van der Waals surface area contributed by atoms with Crippen LogP contribution in [0.4, 0.5) is 11.4 Å². The van der Waals surface area contributed by atoms with Gasteiger partial charge in [-0.3, -0.25) is 9.59 Å². The minimum atomic E-state index is -0.548. The first-order valence-electron chi connectivity index (χ1n) is 10.0. The molecule has 0 aliphatic carbocycles. The molecule has 0 saturated carbocycles. The van der Waals surface area contributed by atoms with Crippen LogP contribution in [0.3, 0.4) is 0 Å². The first-order valence-corrected chi connectivity index (χ1v) is 11.6. The van der Waals surface area contributed by atoms with E-state index in [0.717, 1.165) is 0 Å². The molecule has 0 aliphatic heterocycles. The van der Waals surface area contributed by atoms with Crippen molar-refractivity contribution in [2.75, 3.05) is 24.4 Å². The first-order chi connectivity index (χ1) is 16.8. The number of nitrogens with zero attached hydrogens (tertiary/aromatic N) is 1. The van der Waals surface area contributed by atoms with Gasteiger partial charge in [0.2, 0.25) is 0 Å². The number of ether oxygens (including phenoxy) is 2. The zero-order chi connectivity index (χ0) is 25.4. The molecule has 0 aliphatic rings. The summed E-state index contributed by atoms with van der Waals surface area (Å²) in [7, 11) is 1.44. The molecule has 0 aromatic heterocycles. The second-order valence-corrected chi connectivity index (χ2v) is 8.66. The largest absolute Gasteiger partial charge is 0.493 e. The van der Waals surface area contributed by atoms with Crippen molar-refractivity contribution in [3.8, 4) is 17.6 Å². The summed E-state index contributed by atoms with van der Waals surface area (Å²) in [5.41, 5.74) is 1.45. The van der Waals surface area contributed by atoms with E-state index in [4.69, 9.17) is 32.7 Å². The molecule has 0 atom stereocenters. The molecule has 7 nitrogen and oxygen atoms in total. The highest BCUT2D eigenvalue weighted by Crippen LogP contribution is 2.37. The standard InChI is InChI=1S/C25H18BrCl2N3O4/c1-34-22-11-15(9-16(13-29)25(33)31-17-5-3-2-4-6-17)10-19(26)24(22)35-14-23(32)30-18-7-8-20(27)21(28)12-18/h2-12H,14H2,1H3,(H,30,32)(H,31,33)/b16-9+. The number of nitriles is 1. The highest BCUT2D eigenvalue weighted by Gasteiger charge is 2.15. The molecule has 2 amide bonds. The monoisotopic (exact) mass is 573 g/mol. The molecule has 0 saturated heterocycles. The van der Waals surface area contributed by atoms with E-state index in [1.54, 1.807) is 48.5 Å². The smallest absolute Gasteiger partial charge is 0.266 e. The Labute approximate surface area is 220 Å². The average Bonchev–Trinajstić information content (AvgIpc) is 2.84. The fourth-order valence-electron chi connectivity index (χ4n) is 2.91. The van der Waals surface area contributed by atoms with E-state index in [1.165, 1.54) is 19.3 Å². The van der Waals surface area contributed by atoms with Crippen molar-refractivity contribution in [1.82, 2.24) is 0 Å². The van der Waals surface area contributed by atoms with Crippen LogP contribution in [-0.2, 0) is 9.59 Å². The Bertz CT molecular complexity index is 1320. The molecule has 3 rings (SSSR count). The van der Waals surface area contributed by atoms with Crippen LogP contribution in [0.5, 0.6) is 11.5 Å². The highest BCUT2D eigenvalue weighted by molar-refractivity contribution is 9.10. The maximum Gasteiger partial charge on any atom is 0.266 e. The molecule has 0 fully saturated rings. The van der Waals surface area contributed by atoms with Gasteiger partial charge in [-0.15, -0.1) is 0 Å². The van der Waals surface area contributed by atoms with Crippen LogP contribution in [0.25, 0.3) is 6.08 Å². The van der Waals surface area contributed by atoms with Crippen molar-refractivity contribution in [3.05, 3.63) is 86.3 Å². The van der Waals surface area contributed by atoms with Gasteiger partial charge in [-0.1, -0.05) is 41.4 Å². The van der Waals surface area contributed by atoms with Gasteiger partial charge in [-0.05, 0) is 70.0 Å². The molecule has 2 N–H and O–H groups in total. The summed E-state index contributed by atoms with van der Waals surface area (Å²) in [5, 5.41) is 15.5. The summed E-state index contributed by atoms with van der Waals surface area (Å²) in [6.45, 7) is -0.312. The van der Waals surface area contributed by atoms with Gasteiger partial charge in [0.05, 0.1) is 21.6 Å². The number of methoxy groups -OCH3 is 1. The van der Waals surface area contributed by atoms with Crippen molar-refractivity contribution in [2.45, 2.75) is 0 Å². The quantitative estimate of drug-likeness (QED) is 0.242. The Balaban J connectivity index is 1.73. The van der Waals surface area contributed by atoms with Gasteiger partial charge >= 0.3 is 0 Å². The lowest BCUT2D eigenvalue weighted by atomic mass is 10.1. The van der Waals surface area contributed by atoms with Crippen molar-refractivity contribution in [1.29, 1.82) is 5.26 Å². The van der Waals surface area contributed by atoms with Gasteiger partial charge in [0.25, 0.3) is 11.8 Å². The van der Waals surface area contributed by atoms with Crippen LogP contribution in [0.1, 0.15) is 5.56 Å². The number of hydrogen-bond donors (Lipinski definition) is 2. The number of benzene rings is 3. The number of para-hydroxylation sites is 1. The normalized spacial score (nSPS) is 10.8. The zero-order valence-electron chi connectivity index (χ0n) is 18.3. The molecule has 3 aromatic rings. The van der Waals surface area contributed by atoms with Gasteiger partial charge in [0.15, 0.2) is 18.1 Å². The van der Waals surface area contributed by atoms with Gasteiger partial charge in [-0.2, -0.15) is 5.26 Å². The van der Waals surface area contributed by atoms with Crippen molar-refractivity contribution >= 4 is 68.4 Å². The fourth-order valence-corrected chi connectivity index (χ4v) is 3.78. The summed E-state index contributed by atoms with van der Waals surface area (Å²) in [6, 6.07) is 18.7. The molecule has 0 heterocycles. The van der Waals surface area contributed by atoms with Gasteiger partial charge in [-0.25, -0.2) is 0 Å². The number of halogens is 3. The molecule has 178 valence electrons. The molecule has 0 bridgehead atoms. The number of rotatable bonds is 8. The SMILES string of the molecule is COc1cc(/C=C(\C#N)C(=O)Nc2ccccc2)cc(Br)c1OCC(=O)Nc1ccc(Cl)c(Cl)c1. The lowest BCUT2D eigenvalue weighted by Gasteiger charge is -2.14. The lowest BCUT2D eigenvalue weighted by Crippen LogP contribution is -2.20. The topological polar surface area (TPSA) is 100 Å². The van der Waals surface area contributed by atoms with E-state index in [1.807, 2.05) is 12.1 Å². The summed E-state index contributed by atoms with van der Waals surface area (Å²) >= 11 is 15.2. The van der Waals surface area contributed by atoms with E-state index in [9.17, 15) is 14.9 Å². The predicted octanol–water partition coefficient (Wildman–Crippen LogP) is 6.33. The minimum Gasteiger partial charge on any atom is -0.493 e. The number of carbonyl (C=O) groups is 2. The van der Waals surface area contributed by atoms with Crippen molar-refractivity contribution < 1.29 is 19.1 Å². The second kappa shape index (κ2) is 12.3. The van der Waals surface area contributed by atoms with Gasteiger partial charge in [0.1, 0.15) is 11.6 Å². The van der Waals surface area contributed by atoms with Gasteiger partial charge < -0.3 is 20.1 Å². The molecule has 0 radical (unpaired) electrons. The maximum absolute atomic E-state index is 12.5. The van der Waals surface area contributed by atoms with E-state index >= 15 is 0 Å². The maximum atomic E-state index is 12.5. The molecule has 35 heavy (non-hydrogen) atoms. The molecular formula is C25H18BrCl2N3O4. The summed E-state index contributed by atoms with van der Waals surface area (Å²) in [5.74, 6) is -0.395. The van der Waals surface area contributed by atoms with E-state index in [-0.39, 0.29) is 17.9 Å². The predicted molar refractivity (Wildman–Crippen MR) is 140 cm³/mol. The number of amides is 2. The van der Waals surface area contributed by atoms with Crippen molar-refractivity contribution in [2.24, 2.45) is 0 Å². The fraction of sp³-hybridized carbons (Fsp3) is 0.0800. The van der Waals surface area contributed by atoms with Crippen LogP contribution in [0.15, 0.2) is 70.7 Å². The van der Waals surface area contributed by atoms with Crippen LogP contribution >= 0.6 is 39.1 Å². The van der Waals surface area contributed by atoms with Crippen molar-refractivity contribution in [3.63, 3.8) is 0 Å². The number of carbonyl (C=O) groups excluding carboxylic acids is 2. The second-order valence-electron chi connectivity index (χ2n) is 6.99. The Hall–Kier alpha value is -3.51.